The van der Waals surface area contributed by atoms with Gasteiger partial charge in [0.1, 0.15) is 17.2 Å². The molecule has 0 saturated heterocycles. The molecule has 0 aliphatic carbocycles. The summed E-state index contributed by atoms with van der Waals surface area (Å²) in [6.45, 7) is 5.78. The zero-order valence-corrected chi connectivity index (χ0v) is 16.8. The van der Waals surface area contributed by atoms with Crippen LogP contribution in [0.3, 0.4) is 0 Å². The molecule has 0 unspecified atom stereocenters. The van der Waals surface area contributed by atoms with Gasteiger partial charge in [-0.2, -0.15) is 0 Å². The van der Waals surface area contributed by atoms with Gasteiger partial charge in [0.2, 0.25) is 5.91 Å². The Morgan fingerprint density at radius 3 is 2.27 bits per heavy atom. The van der Waals surface area contributed by atoms with Crippen molar-refractivity contribution in [3.05, 3.63) is 102 Å². The fraction of sp³-hybridized carbons (Fsp3) is 0.120. The van der Waals surface area contributed by atoms with Crippen LogP contribution in [0.4, 0.5) is 0 Å². The van der Waals surface area contributed by atoms with E-state index in [-0.39, 0.29) is 5.91 Å². The lowest BCUT2D eigenvalue weighted by Gasteiger charge is -2.09. The molecule has 0 radical (unpaired) electrons. The molecule has 0 heterocycles. The number of carbonyl (C=O) groups excluding carboxylic acids is 2. The van der Waals surface area contributed by atoms with Crippen molar-refractivity contribution in [2.24, 2.45) is 0 Å². The molecule has 0 aliphatic rings. The first-order valence-electron chi connectivity index (χ1n) is 9.59. The van der Waals surface area contributed by atoms with Crippen LogP contribution in [0.2, 0.25) is 0 Å². The molecule has 0 saturated carbocycles. The van der Waals surface area contributed by atoms with Gasteiger partial charge in [0.05, 0.1) is 5.56 Å². The zero-order valence-electron chi connectivity index (χ0n) is 16.8. The first kappa shape index (κ1) is 20.9. The Morgan fingerprint density at radius 1 is 0.867 bits per heavy atom. The molecule has 3 rings (SSSR count). The highest BCUT2D eigenvalue weighted by Crippen LogP contribution is 2.23. The summed E-state index contributed by atoms with van der Waals surface area (Å²) in [6, 6.07) is 23.4. The number of nitrogens with one attached hydrogen (secondary N) is 1. The second kappa shape index (κ2) is 10.1. The predicted octanol–water partition coefficient (Wildman–Crippen LogP) is 4.93. The molecule has 0 aromatic heterocycles. The molecular weight excluding hydrogens is 378 g/mol. The summed E-state index contributed by atoms with van der Waals surface area (Å²) < 4.78 is 11.2. The van der Waals surface area contributed by atoms with Gasteiger partial charge in [-0.25, -0.2) is 4.79 Å². The minimum Gasteiger partial charge on any atom is -0.457 e. The number of esters is 1. The second-order valence-corrected chi connectivity index (χ2v) is 6.76. The summed E-state index contributed by atoms with van der Waals surface area (Å²) >= 11 is 0. The molecule has 5 heteroatoms. The molecule has 3 aromatic rings. The molecule has 1 N–H and O–H groups in total. The molecule has 30 heavy (non-hydrogen) atoms. The minimum absolute atomic E-state index is 0.154. The van der Waals surface area contributed by atoms with Gasteiger partial charge < -0.3 is 14.8 Å². The third kappa shape index (κ3) is 6.07. The van der Waals surface area contributed by atoms with Crippen molar-refractivity contribution in [3.8, 4) is 17.2 Å². The molecule has 0 bridgehead atoms. The second-order valence-electron chi connectivity index (χ2n) is 6.76. The Hall–Kier alpha value is -3.86. The van der Waals surface area contributed by atoms with E-state index in [9.17, 15) is 9.59 Å². The highest BCUT2D eigenvalue weighted by Gasteiger charge is 2.10. The lowest BCUT2D eigenvalue weighted by molar-refractivity contribution is -0.117. The molecule has 0 aliphatic heterocycles. The van der Waals surface area contributed by atoms with Crippen LogP contribution in [-0.2, 0) is 11.2 Å². The van der Waals surface area contributed by atoms with Gasteiger partial charge in [-0.05, 0) is 61.4 Å². The molecule has 5 nitrogen and oxygen atoms in total. The summed E-state index contributed by atoms with van der Waals surface area (Å²) in [4.78, 5) is 24.0. The van der Waals surface area contributed by atoms with Crippen molar-refractivity contribution < 1.29 is 19.1 Å². The first-order chi connectivity index (χ1) is 14.5. The van der Waals surface area contributed by atoms with Gasteiger partial charge >= 0.3 is 5.97 Å². The van der Waals surface area contributed by atoms with Crippen LogP contribution in [0.1, 0.15) is 22.8 Å². The maximum atomic E-state index is 12.5. The summed E-state index contributed by atoms with van der Waals surface area (Å²) in [5.74, 6) is 1.08. The van der Waals surface area contributed by atoms with E-state index in [2.05, 4.69) is 11.9 Å². The van der Waals surface area contributed by atoms with E-state index < -0.39 is 5.97 Å². The highest BCUT2D eigenvalue weighted by molar-refractivity contribution is 5.92. The largest absolute Gasteiger partial charge is 0.457 e. The van der Waals surface area contributed by atoms with E-state index in [1.165, 1.54) is 0 Å². The van der Waals surface area contributed by atoms with Crippen LogP contribution in [0, 0.1) is 0 Å². The average Bonchev–Trinajstić information content (AvgIpc) is 2.75. The average molecular weight is 401 g/mol. The van der Waals surface area contributed by atoms with E-state index in [0.29, 0.717) is 41.4 Å². The summed E-state index contributed by atoms with van der Waals surface area (Å²) in [5.41, 5.74) is 1.90. The maximum Gasteiger partial charge on any atom is 0.343 e. The Morgan fingerprint density at radius 2 is 1.57 bits per heavy atom. The standard InChI is InChI=1S/C25H23NO4/c1-18(2)24(27)26-16-15-19-11-13-22(14-12-19)30-25(28)20-7-6-10-23(17-20)29-21-8-4-3-5-9-21/h3-14,17H,1,15-16H2,2H3,(H,26,27). The maximum absolute atomic E-state index is 12.5. The van der Waals surface area contributed by atoms with E-state index in [1.807, 2.05) is 42.5 Å². The van der Waals surface area contributed by atoms with Gasteiger partial charge in [-0.1, -0.05) is 43.0 Å². The Bertz CT molecular complexity index is 1030. The number of rotatable bonds is 8. The van der Waals surface area contributed by atoms with Crippen LogP contribution in [0.15, 0.2) is 91.0 Å². The van der Waals surface area contributed by atoms with Crippen LogP contribution in [-0.4, -0.2) is 18.4 Å². The van der Waals surface area contributed by atoms with Crippen molar-refractivity contribution in [3.63, 3.8) is 0 Å². The molecule has 0 fully saturated rings. The fourth-order valence-electron chi connectivity index (χ4n) is 2.67. The lowest BCUT2D eigenvalue weighted by Crippen LogP contribution is -2.25. The van der Waals surface area contributed by atoms with Crippen LogP contribution >= 0.6 is 0 Å². The smallest absolute Gasteiger partial charge is 0.343 e. The topological polar surface area (TPSA) is 64.6 Å². The third-order valence-electron chi connectivity index (χ3n) is 4.27. The minimum atomic E-state index is -0.463. The number of para-hydroxylation sites is 1. The molecule has 1 amide bonds. The van der Waals surface area contributed by atoms with Crippen molar-refractivity contribution in [1.82, 2.24) is 5.32 Å². The molecule has 152 valence electrons. The van der Waals surface area contributed by atoms with Gasteiger partial charge in [-0.3, -0.25) is 4.79 Å². The fourth-order valence-corrected chi connectivity index (χ4v) is 2.67. The summed E-state index contributed by atoms with van der Waals surface area (Å²) in [5, 5.41) is 2.79. The number of hydrogen-bond donors (Lipinski definition) is 1. The van der Waals surface area contributed by atoms with Gasteiger partial charge in [0, 0.05) is 12.1 Å². The molecule has 0 atom stereocenters. The number of hydrogen-bond acceptors (Lipinski definition) is 4. The molecular formula is C25H23NO4. The van der Waals surface area contributed by atoms with E-state index in [0.717, 1.165) is 5.56 Å². The third-order valence-corrected chi connectivity index (χ3v) is 4.27. The predicted molar refractivity (Wildman–Crippen MR) is 116 cm³/mol. The van der Waals surface area contributed by atoms with Crippen molar-refractivity contribution >= 4 is 11.9 Å². The Balaban J connectivity index is 1.56. The van der Waals surface area contributed by atoms with Crippen molar-refractivity contribution in [2.75, 3.05) is 6.54 Å². The monoisotopic (exact) mass is 401 g/mol. The normalized spacial score (nSPS) is 10.2. The number of ether oxygens (including phenoxy) is 2. The SMILES string of the molecule is C=C(C)C(=O)NCCc1ccc(OC(=O)c2cccc(Oc3ccccc3)c2)cc1. The van der Waals surface area contributed by atoms with Gasteiger partial charge in [0.25, 0.3) is 0 Å². The Kier molecular flexibility index (Phi) is 7.00. The van der Waals surface area contributed by atoms with Gasteiger partial charge in [0.15, 0.2) is 0 Å². The Labute approximate surface area is 176 Å². The van der Waals surface area contributed by atoms with Gasteiger partial charge in [-0.15, -0.1) is 0 Å². The molecule has 0 spiro atoms. The van der Waals surface area contributed by atoms with E-state index in [4.69, 9.17) is 9.47 Å². The van der Waals surface area contributed by atoms with Crippen LogP contribution in [0.5, 0.6) is 17.2 Å². The van der Waals surface area contributed by atoms with Crippen LogP contribution in [0.25, 0.3) is 0 Å². The summed E-state index contributed by atoms with van der Waals surface area (Å²) in [7, 11) is 0. The number of benzene rings is 3. The first-order valence-corrected chi connectivity index (χ1v) is 9.59. The quantitative estimate of drug-likeness (QED) is 0.330. The van der Waals surface area contributed by atoms with Crippen molar-refractivity contribution in [1.29, 1.82) is 0 Å². The van der Waals surface area contributed by atoms with E-state index >= 15 is 0 Å². The van der Waals surface area contributed by atoms with E-state index in [1.54, 1.807) is 43.3 Å². The number of amides is 1. The summed E-state index contributed by atoms with van der Waals surface area (Å²) in [6.07, 6.45) is 0.673. The highest BCUT2D eigenvalue weighted by atomic mass is 16.5. The molecule has 3 aromatic carbocycles. The lowest BCUT2D eigenvalue weighted by atomic mass is 10.1. The zero-order chi connectivity index (χ0) is 21.3. The van der Waals surface area contributed by atoms with Crippen molar-refractivity contribution in [2.45, 2.75) is 13.3 Å². The number of carbonyl (C=O) groups is 2. The van der Waals surface area contributed by atoms with Crippen LogP contribution < -0.4 is 14.8 Å².